The number of hydrogen-bond donors (Lipinski definition) is 1. The van der Waals surface area contributed by atoms with Gasteiger partial charge in [0.05, 0.1) is 13.0 Å². The number of hydrogen-bond acceptors (Lipinski definition) is 5. The third-order valence-electron chi connectivity index (χ3n) is 5.02. The molecule has 1 amide bonds. The maximum atomic E-state index is 12.4. The average molecular weight is 389 g/mol. The summed E-state index contributed by atoms with van der Waals surface area (Å²) in [6.45, 7) is 2.80. The van der Waals surface area contributed by atoms with E-state index in [1.807, 2.05) is 30.8 Å². The minimum atomic E-state index is 0.135. The molecule has 1 fully saturated rings. The van der Waals surface area contributed by atoms with E-state index in [4.69, 9.17) is 4.74 Å². The molecule has 2 aliphatic rings. The summed E-state index contributed by atoms with van der Waals surface area (Å²) in [5.41, 5.74) is 3.41. The van der Waals surface area contributed by atoms with Crippen LogP contribution in [-0.2, 0) is 17.6 Å². The van der Waals surface area contributed by atoms with Gasteiger partial charge in [0.2, 0.25) is 5.91 Å². The number of nitrogens with one attached hydrogen (secondary N) is 1. The van der Waals surface area contributed by atoms with E-state index in [0.29, 0.717) is 17.7 Å². The van der Waals surface area contributed by atoms with Gasteiger partial charge in [0.15, 0.2) is 0 Å². The van der Waals surface area contributed by atoms with Crippen molar-refractivity contribution in [2.75, 3.05) is 6.61 Å². The molecule has 0 saturated heterocycles. The number of amides is 1. The average Bonchev–Trinajstić information content (AvgIpc) is 3.25. The maximum Gasteiger partial charge on any atom is 0.224 e. The highest BCUT2D eigenvalue weighted by Crippen LogP contribution is 2.35. The van der Waals surface area contributed by atoms with Crippen LogP contribution >= 0.6 is 23.1 Å². The summed E-state index contributed by atoms with van der Waals surface area (Å²) in [6.07, 6.45) is 5.82. The van der Waals surface area contributed by atoms with Gasteiger partial charge in [-0.2, -0.15) is 0 Å². The summed E-state index contributed by atoms with van der Waals surface area (Å²) in [7, 11) is 0. The zero-order chi connectivity index (χ0) is 17.9. The molecule has 138 valence electrons. The van der Waals surface area contributed by atoms with Crippen LogP contribution in [0.15, 0.2) is 27.9 Å². The lowest BCUT2D eigenvalue weighted by molar-refractivity contribution is -0.121. The van der Waals surface area contributed by atoms with Gasteiger partial charge in [-0.15, -0.1) is 11.3 Å². The predicted octanol–water partition coefficient (Wildman–Crippen LogP) is 4.15. The van der Waals surface area contributed by atoms with Crippen molar-refractivity contribution in [2.24, 2.45) is 0 Å². The second-order valence-corrected chi connectivity index (χ2v) is 9.54. The molecule has 1 aliphatic carbocycles. The van der Waals surface area contributed by atoms with Crippen molar-refractivity contribution in [3.8, 4) is 5.75 Å². The van der Waals surface area contributed by atoms with Crippen LogP contribution in [0, 0.1) is 6.92 Å². The normalized spacial score (nSPS) is 21.9. The monoisotopic (exact) mass is 388 g/mol. The van der Waals surface area contributed by atoms with Crippen molar-refractivity contribution in [1.82, 2.24) is 10.3 Å². The van der Waals surface area contributed by atoms with Crippen LogP contribution in [0.4, 0.5) is 0 Å². The zero-order valence-corrected chi connectivity index (χ0v) is 16.6. The quantitative estimate of drug-likeness (QED) is 0.836. The Hall–Kier alpha value is -1.53. The molecule has 4 rings (SSSR count). The minimum Gasteiger partial charge on any atom is -0.493 e. The van der Waals surface area contributed by atoms with E-state index in [0.717, 1.165) is 55.7 Å². The van der Waals surface area contributed by atoms with Crippen LogP contribution in [0.25, 0.3) is 0 Å². The first-order valence-electron chi connectivity index (χ1n) is 9.28. The Bertz CT molecular complexity index is 782. The molecule has 26 heavy (non-hydrogen) atoms. The molecule has 0 atom stereocenters. The van der Waals surface area contributed by atoms with Crippen LogP contribution in [0.5, 0.6) is 5.75 Å². The van der Waals surface area contributed by atoms with Crippen molar-refractivity contribution in [1.29, 1.82) is 0 Å². The number of nitrogens with zero attached hydrogens (tertiary/aromatic N) is 1. The molecule has 0 unspecified atom stereocenters. The number of fused-ring (bicyclic) bond motifs is 1. The molecule has 4 nitrogen and oxygen atoms in total. The number of thioether (sulfide) groups is 1. The van der Waals surface area contributed by atoms with Crippen molar-refractivity contribution >= 4 is 29.0 Å². The van der Waals surface area contributed by atoms with Gasteiger partial charge in [0, 0.05) is 28.8 Å². The fourth-order valence-electron chi connectivity index (χ4n) is 3.67. The number of thiazole rings is 1. The molecule has 1 aromatic heterocycles. The van der Waals surface area contributed by atoms with Crippen molar-refractivity contribution in [3.63, 3.8) is 0 Å². The molecule has 1 N–H and O–H groups in total. The lowest BCUT2D eigenvalue weighted by Crippen LogP contribution is -2.38. The highest BCUT2D eigenvalue weighted by molar-refractivity contribution is 8.01. The fourth-order valence-corrected chi connectivity index (χ4v) is 5.95. The molecule has 2 aromatic rings. The predicted molar refractivity (Wildman–Crippen MR) is 106 cm³/mol. The van der Waals surface area contributed by atoms with Gasteiger partial charge in [0.25, 0.3) is 0 Å². The van der Waals surface area contributed by atoms with Crippen LogP contribution in [0.1, 0.15) is 42.5 Å². The van der Waals surface area contributed by atoms with Gasteiger partial charge in [0.1, 0.15) is 10.1 Å². The Kier molecular flexibility index (Phi) is 5.50. The van der Waals surface area contributed by atoms with Gasteiger partial charge in [-0.25, -0.2) is 4.98 Å². The second-order valence-electron chi connectivity index (χ2n) is 7.13. The van der Waals surface area contributed by atoms with E-state index in [9.17, 15) is 4.79 Å². The van der Waals surface area contributed by atoms with Gasteiger partial charge < -0.3 is 10.1 Å². The summed E-state index contributed by atoms with van der Waals surface area (Å²) in [4.78, 5) is 16.9. The first-order valence-corrected chi connectivity index (χ1v) is 11.0. The van der Waals surface area contributed by atoms with E-state index >= 15 is 0 Å². The molecule has 1 aliphatic heterocycles. The van der Waals surface area contributed by atoms with Crippen molar-refractivity contribution in [2.45, 2.75) is 61.1 Å². The number of ether oxygens (including phenoxy) is 1. The van der Waals surface area contributed by atoms with Gasteiger partial charge in [-0.1, -0.05) is 23.9 Å². The number of aryl methyl sites for hydroxylation is 1. The maximum absolute atomic E-state index is 12.4. The number of carbonyl (C=O) groups excluding carboxylic acids is 1. The summed E-state index contributed by atoms with van der Waals surface area (Å²) >= 11 is 3.64. The molecule has 1 aromatic carbocycles. The Balaban J connectivity index is 1.23. The number of carbonyl (C=O) groups is 1. The summed E-state index contributed by atoms with van der Waals surface area (Å²) in [5, 5.41) is 5.97. The molecule has 2 heterocycles. The van der Waals surface area contributed by atoms with Crippen LogP contribution < -0.4 is 10.1 Å². The summed E-state index contributed by atoms with van der Waals surface area (Å²) in [6, 6.07) is 6.43. The van der Waals surface area contributed by atoms with E-state index in [2.05, 4.69) is 21.7 Å². The van der Waals surface area contributed by atoms with Crippen molar-refractivity contribution in [3.05, 3.63) is 40.4 Å². The lowest BCUT2D eigenvalue weighted by Gasteiger charge is -2.28. The van der Waals surface area contributed by atoms with Crippen LogP contribution in [0.2, 0.25) is 0 Å². The van der Waals surface area contributed by atoms with Crippen molar-refractivity contribution < 1.29 is 9.53 Å². The molecule has 0 spiro atoms. The number of aromatic nitrogens is 1. The Morgan fingerprint density at radius 3 is 2.96 bits per heavy atom. The van der Waals surface area contributed by atoms with Gasteiger partial charge in [-0.3, -0.25) is 4.79 Å². The standard InChI is InChI=1S/C20H24N2O2S2/c1-13-12-25-20(21-13)26-17-5-3-16(4-6-17)22-19(23)11-14-2-7-18-15(10-14)8-9-24-18/h2,7,10,12,16-17H,3-6,8-9,11H2,1H3,(H,22,23). The van der Waals surface area contributed by atoms with E-state index in [1.54, 1.807) is 11.3 Å². The van der Waals surface area contributed by atoms with E-state index in [-0.39, 0.29) is 5.91 Å². The fraction of sp³-hybridized carbons (Fsp3) is 0.500. The summed E-state index contributed by atoms with van der Waals surface area (Å²) in [5.74, 6) is 1.11. The molecule has 6 heteroatoms. The lowest BCUT2D eigenvalue weighted by atomic mass is 9.94. The number of benzene rings is 1. The van der Waals surface area contributed by atoms with Crippen LogP contribution in [0.3, 0.4) is 0 Å². The number of rotatable bonds is 5. The second kappa shape index (κ2) is 8.01. The van der Waals surface area contributed by atoms with Gasteiger partial charge >= 0.3 is 0 Å². The zero-order valence-electron chi connectivity index (χ0n) is 15.0. The Morgan fingerprint density at radius 2 is 2.19 bits per heavy atom. The third-order valence-corrected chi connectivity index (χ3v) is 7.45. The first-order chi connectivity index (χ1) is 12.7. The van der Waals surface area contributed by atoms with E-state index < -0.39 is 0 Å². The Labute approximate surface area is 162 Å². The minimum absolute atomic E-state index is 0.135. The van der Waals surface area contributed by atoms with Gasteiger partial charge in [-0.05, 0) is 49.8 Å². The molecule has 0 bridgehead atoms. The topological polar surface area (TPSA) is 51.2 Å². The van der Waals surface area contributed by atoms with E-state index in [1.165, 1.54) is 9.90 Å². The third kappa shape index (κ3) is 4.41. The largest absolute Gasteiger partial charge is 0.493 e. The molecule has 1 saturated carbocycles. The highest BCUT2D eigenvalue weighted by Gasteiger charge is 2.24. The highest BCUT2D eigenvalue weighted by atomic mass is 32.2. The smallest absolute Gasteiger partial charge is 0.224 e. The SMILES string of the molecule is Cc1csc(SC2CCC(NC(=O)Cc3ccc4c(c3)CCO4)CC2)n1. The Morgan fingerprint density at radius 1 is 1.35 bits per heavy atom. The van der Waals surface area contributed by atoms with Crippen LogP contribution in [-0.4, -0.2) is 28.8 Å². The molecule has 0 radical (unpaired) electrons. The molecular weight excluding hydrogens is 364 g/mol. The molecular formula is C20H24N2O2S2. The first kappa shape index (κ1) is 17.9. The summed E-state index contributed by atoms with van der Waals surface area (Å²) < 4.78 is 6.70.